The molecule has 1 fully saturated rings. The number of benzene rings is 1. The first kappa shape index (κ1) is 15.0. The van der Waals surface area contributed by atoms with E-state index in [9.17, 15) is 0 Å². The van der Waals surface area contributed by atoms with E-state index in [0.717, 1.165) is 32.6 Å². The van der Waals surface area contributed by atoms with Gasteiger partial charge in [0.1, 0.15) is 12.2 Å². The van der Waals surface area contributed by atoms with E-state index in [-0.39, 0.29) is 12.2 Å². The van der Waals surface area contributed by atoms with Crippen molar-refractivity contribution < 1.29 is 9.47 Å². The molecule has 1 aromatic carbocycles. The Morgan fingerprint density at radius 3 is 2.67 bits per heavy atom. The maximum Gasteiger partial charge on any atom is 0.163 e. The molecule has 0 spiro atoms. The van der Waals surface area contributed by atoms with E-state index in [1.54, 1.807) is 0 Å². The Morgan fingerprint density at radius 2 is 1.90 bits per heavy atom. The highest BCUT2D eigenvalue weighted by Gasteiger charge is 2.41. The lowest BCUT2D eigenvalue weighted by molar-refractivity contribution is -0.147. The van der Waals surface area contributed by atoms with Crippen molar-refractivity contribution in [2.75, 3.05) is 26.7 Å². The molecule has 2 atom stereocenters. The predicted octanol–water partition coefficient (Wildman–Crippen LogP) is 1.78. The van der Waals surface area contributed by atoms with Crippen LogP contribution in [0.1, 0.15) is 25.0 Å². The zero-order valence-corrected chi connectivity index (χ0v) is 13.3. The molecule has 1 aromatic rings. The number of nitrogens with zero attached hydrogens (tertiary/aromatic N) is 1. The van der Waals surface area contributed by atoms with Crippen molar-refractivity contribution in [3.8, 4) is 0 Å². The second-order valence-corrected chi connectivity index (χ2v) is 6.52. The third-order valence-corrected chi connectivity index (χ3v) is 4.34. The van der Waals surface area contributed by atoms with E-state index in [1.807, 2.05) is 20.9 Å². The molecule has 0 aromatic heterocycles. The molecule has 4 heteroatoms. The van der Waals surface area contributed by atoms with Gasteiger partial charge in [-0.05, 0) is 38.4 Å². The summed E-state index contributed by atoms with van der Waals surface area (Å²) >= 11 is 0. The van der Waals surface area contributed by atoms with Gasteiger partial charge in [-0.2, -0.15) is 0 Å². The summed E-state index contributed by atoms with van der Waals surface area (Å²) in [5, 5.41) is 3.21. The van der Waals surface area contributed by atoms with E-state index in [0.29, 0.717) is 0 Å². The average molecular weight is 290 g/mol. The third-order valence-electron chi connectivity index (χ3n) is 4.34. The second-order valence-electron chi connectivity index (χ2n) is 6.52. The van der Waals surface area contributed by atoms with Crippen molar-refractivity contribution in [1.29, 1.82) is 0 Å². The lowest BCUT2D eigenvalue weighted by atomic mass is 9.99. The largest absolute Gasteiger partial charge is 0.343 e. The van der Waals surface area contributed by atoms with E-state index in [1.165, 1.54) is 11.1 Å². The van der Waals surface area contributed by atoms with Crippen LogP contribution in [0.5, 0.6) is 0 Å². The van der Waals surface area contributed by atoms with Gasteiger partial charge in [-0.15, -0.1) is 0 Å². The van der Waals surface area contributed by atoms with Crippen LogP contribution >= 0.6 is 0 Å². The predicted molar refractivity (Wildman–Crippen MR) is 83.2 cm³/mol. The van der Waals surface area contributed by atoms with Crippen molar-refractivity contribution in [2.45, 2.75) is 44.8 Å². The van der Waals surface area contributed by atoms with Crippen LogP contribution in [0.25, 0.3) is 0 Å². The zero-order valence-electron chi connectivity index (χ0n) is 13.3. The summed E-state index contributed by atoms with van der Waals surface area (Å²) in [4.78, 5) is 2.49. The molecule has 2 aliphatic rings. The minimum absolute atomic E-state index is 0.127. The molecule has 0 bridgehead atoms. The molecule has 1 N–H and O–H groups in total. The summed E-state index contributed by atoms with van der Waals surface area (Å²) in [7, 11) is 1.96. The Balaban J connectivity index is 1.64. The highest BCUT2D eigenvalue weighted by atomic mass is 16.8. The highest BCUT2D eigenvalue weighted by molar-refractivity contribution is 5.29. The zero-order chi connectivity index (χ0) is 14.9. The van der Waals surface area contributed by atoms with E-state index in [4.69, 9.17) is 9.47 Å². The molecule has 0 amide bonds. The minimum Gasteiger partial charge on any atom is -0.343 e. The lowest BCUT2D eigenvalue weighted by Gasteiger charge is -2.31. The van der Waals surface area contributed by atoms with Crippen LogP contribution in [-0.2, 0) is 22.4 Å². The molecule has 0 unspecified atom stereocenters. The van der Waals surface area contributed by atoms with Gasteiger partial charge in [-0.25, -0.2) is 0 Å². The Kier molecular flexibility index (Phi) is 4.31. The highest BCUT2D eigenvalue weighted by Crippen LogP contribution is 2.29. The molecule has 0 radical (unpaired) electrons. The number of hydrogen-bond donors (Lipinski definition) is 1. The normalized spacial score (nSPS) is 28.5. The Bertz CT molecular complexity index is 489. The van der Waals surface area contributed by atoms with Gasteiger partial charge < -0.3 is 14.8 Å². The first-order valence-electron chi connectivity index (χ1n) is 7.87. The van der Waals surface area contributed by atoms with E-state index < -0.39 is 5.79 Å². The summed E-state index contributed by atoms with van der Waals surface area (Å²) in [5.41, 5.74) is 2.94. The van der Waals surface area contributed by atoms with Gasteiger partial charge in [0.2, 0.25) is 0 Å². The van der Waals surface area contributed by atoms with Crippen molar-refractivity contribution in [1.82, 2.24) is 10.2 Å². The summed E-state index contributed by atoms with van der Waals surface area (Å²) in [5.74, 6) is -0.472. The fraction of sp³-hybridized carbons (Fsp3) is 0.647. The summed E-state index contributed by atoms with van der Waals surface area (Å²) in [6.07, 6.45) is 1.39. The fourth-order valence-electron chi connectivity index (χ4n) is 3.40. The number of fused-ring (bicyclic) bond motifs is 1. The first-order chi connectivity index (χ1) is 10.1. The first-order valence-corrected chi connectivity index (χ1v) is 7.87. The Morgan fingerprint density at radius 1 is 1.19 bits per heavy atom. The third kappa shape index (κ3) is 3.46. The Hall–Kier alpha value is -0.940. The van der Waals surface area contributed by atoms with Crippen LogP contribution in [0.3, 0.4) is 0 Å². The summed E-state index contributed by atoms with van der Waals surface area (Å²) < 4.78 is 12.1. The van der Waals surface area contributed by atoms with Gasteiger partial charge >= 0.3 is 0 Å². The SMILES string of the molecule is CNC[C@@H]1OC(C)(C)O[C@H]1CN1CCc2ccccc2C1. The maximum absolute atomic E-state index is 6.10. The van der Waals surface area contributed by atoms with E-state index >= 15 is 0 Å². The number of likely N-dealkylation sites (N-methyl/N-ethyl adjacent to an activating group) is 1. The molecule has 4 nitrogen and oxygen atoms in total. The molecule has 116 valence electrons. The molecular weight excluding hydrogens is 264 g/mol. The van der Waals surface area contributed by atoms with Crippen molar-refractivity contribution in [2.24, 2.45) is 0 Å². The topological polar surface area (TPSA) is 33.7 Å². The fourth-order valence-corrected chi connectivity index (χ4v) is 3.40. The van der Waals surface area contributed by atoms with Gasteiger partial charge in [0.25, 0.3) is 0 Å². The van der Waals surface area contributed by atoms with Crippen molar-refractivity contribution in [3.63, 3.8) is 0 Å². The number of rotatable bonds is 4. The van der Waals surface area contributed by atoms with Gasteiger partial charge in [-0.3, -0.25) is 4.90 Å². The van der Waals surface area contributed by atoms with Gasteiger partial charge in [0, 0.05) is 26.2 Å². The molecule has 0 aliphatic carbocycles. The van der Waals surface area contributed by atoms with Crippen LogP contribution in [0.2, 0.25) is 0 Å². The van der Waals surface area contributed by atoms with Crippen LogP contribution in [0, 0.1) is 0 Å². The molecule has 0 saturated carbocycles. The number of nitrogens with one attached hydrogen (secondary N) is 1. The summed E-state index contributed by atoms with van der Waals surface area (Å²) in [6, 6.07) is 8.75. The Labute approximate surface area is 127 Å². The lowest BCUT2D eigenvalue weighted by Crippen LogP contribution is -2.43. The standard InChI is InChI=1S/C17H26N2O2/c1-17(2)20-15(10-18-3)16(21-17)12-19-9-8-13-6-4-5-7-14(13)11-19/h4-7,15-16,18H,8-12H2,1-3H3/t15-,16-/m0/s1. The van der Waals surface area contributed by atoms with Crippen LogP contribution in [0.4, 0.5) is 0 Å². The number of hydrogen-bond acceptors (Lipinski definition) is 4. The smallest absolute Gasteiger partial charge is 0.163 e. The molecular formula is C17H26N2O2. The van der Waals surface area contributed by atoms with Crippen LogP contribution < -0.4 is 5.32 Å². The van der Waals surface area contributed by atoms with Gasteiger partial charge in [0.05, 0.1) is 0 Å². The molecule has 3 rings (SSSR count). The van der Waals surface area contributed by atoms with Gasteiger partial charge in [0.15, 0.2) is 5.79 Å². The molecule has 2 aliphatic heterocycles. The quantitative estimate of drug-likeness (QED) is 0.916. The maximum atomic E-state index is 6.10. The molecule has 21 heavy (non-hydrogen) atoms. The van der Waals surface area contributed by atoms with E-state index in [2.05, 4.69) is 34.5 Å². The monoisotopic (exact) mass is 290 g/mol. The van der Waals surface area contributed by atoms with Crippen molar-refractivity contribution >= 4 is 0 Å². The number of ether oxygens (including phenoxy) is 2. The molecule has 1 saturated heterocycles. The van der Waals surface area contributed by atoms with Crippen molar-refractivity contribution in [3.05, 3.63) is 35.4 Å². The van der Waals surface area contributed by atoms with Crippen LogP contribution in [0.15, 0.2) is 24.3 Å². The summed E-state index contributed by atoms with van der Waals surface area (Å²) in [6.45, 7) is 7.89. The minimum atomic E-state index is -0.472. The average Bonchev–Trinajstić information content (AvgIpc) is 2.73. The van der Waals surface area contributed by atoms with Crippen LogP contribution in [-0.4, -0.2) is 49.6 Å². The van der Waals surface area contributed by atoms with Gasteiger partial charge in [-0.1, -0.05) is 24.3 Å². The second kappa shape index (κ2) is 6.05. The molecule has 2 heterocycles.